The Kier molecular flexibility index (Phi) is 4.57. The van der Waals surface area contributed by atoms with Crippen molar-refractivity contribution in [3.63, 3.8) is 0 Å². The van der Waals surface area contributed by atoms with E-state index in [2.05, 4.69) is 16.4 Å². The number of nitrogens with one attached hydrogen (secondary N) is 2. The molecular formula is C28H24N2O3. The molecule has 4 aromatic rings. The third-order valence-corrected chi connectivity index (χ3v) is 7.39. The molecule has 0 aliphatic heterocycles. The highest BCUT2D eigenvalue weighted by Crippen LogP contribution is 2.58. The van der Waals surface area contributed by atoms with Gasteiger partial charge in [-0.05, 0) is 40.3 Å². The summed E-state index contributed by atoms with van der Waals surface area (Å²) in [4.78, 5) is 29.3. The van der Waals surface area contributed by atoms with Crippen LogP contribution in [0.5, 0.6) is 0 Å². The first-order chi connectivity index (χ1) is 16.1. The predicted octanol–water partition coefficient (Wildman–Crippen LogP) is 4.43. The number of rotatable bonds is 5. The Morgan fingerprint density at radius 2 is 1.33 bits per heavy atom. The van der Waals surface area contributed by atoms with Crippen molar-refractivity contribution in [2.75, 3.05) is 6.54 Å². The Hall–Kier alpha value is -3.86. The van der Waals surface area contributed by atoms with E-state index in [4.69, 9.17) is 0 Å². The molecule has 1 heterocycles. The van der Waals surface area contributed by atoms with Gasteiger partial charge < -0.3 is 15.4 Å². The van der Waals surface area contributed by atoms with E-state index < -0.39 is 17.8 Å². The van der Waals surface area contributed by atoms with Crippen LogP contribution in [0.15, 0.2) is 79.0 Å². The number of benzene rings is 3. The number of carboxylic acid groups (broad SMARTS) is 1. The summed E-state index contributed by atoms with van der Waals surface area (Å²) >= 11 is 0. The van der Waals surface area contributed by atoms with Crippen molar-refractivity contribution in [2.24, 2.45) is 11.8 Å². The number of H-pyrrole nitrogens is 1. The molecule has 33 heavy (non-hydrogen) atoms. The maximum absolute atomic E-state index is 13.5. The molecule has 3 aliphatic carbocycles. The number of amides is 1. The van der Waals surface area contributed by atoms with E-state index in [1.54, 1.807) is 0 Å². The van der Waals surface area contributed by atoms with Crippen LogP contribution in [0, 0.1) is 11.8 Å². The molecule has 2 unspecified atom stereocenters. The third kappa shape index (κ3) is 2.99. The molecule has 3 N–H and O–H groups in total. The minimum Gasteiger partial charge on any atom is -0.481 e. The van der Waals surface area contributed by atoms with Gasteiger partial charge in [-0.3, -0.25) is 9.59 Å². The summed E-state index contributed by atoms with van der Waals surface area (Å²) < 4.78 is 0. The van der Waals surface area contributed by atoms with Crippen LogP contribution in [0.1, 0.15) is 39.7 Å². The first-order valence-corrected chi connectivity index (χ1v) is 11.4. The van der Waals surface area contributed by atoms with E-state index in [-0.39, 0.29) is 17.7 Å². The van der Waals surface area contributed by atoms with Crippen LogP contribution in [-0.2, 0) is 16.0 Å². The van der Waals surface area contributed by atoms with E-state index in [1.165, 1.54) is 0 Å². The number of fused-ring (bicyclic) bond motifs is 2. The molecule has 0 spiro atoms. The lowest BCUT2D eigenvalue weighted by molar-refractivity contribution is -0.149. The summed E-state index contributed by atoms with van der Waals surface area (Å²) in [6.45, 7) is 0.463. The fourth-order valence-electron chi connectivity index (χ4n) is 6.07. The van der Waals surface area contributed by atoms with Crippen molar-refractivity contribution in [1.82, 2.24) is 10.3 Å². The largest absolute Gasteiger partial charge is 0.481 e. The zero-order valence-corrected chi connectivity index (χ0v) is 18.0. The molecule has 1 aromatic heterocycles. The summed E-state index contributed by atoms with van der Waals surface area (Å²) in [6, 6.07) is 24.1. The summed E-state index contributed by atoms with van der Waals surface area (Å²) in [7, 11) is 0. The van der Waals surface area contributed by atoms with Gasteiger partial charge in [-0.2, -0.15) is 0 Å². The standard InChI is InChI=1S/C28H24N2O3/c31-27(29-14-13-16-15-30-22-12-6-5-7-17(16)22)25-23-18-8-1-3-10-20(18)24(26(25)28(32)33)21-11-4-2-9-19(21)23/h1-12,15,23-26,30H,13-14H2,(H,29,31)(H,32,33). The molecule has 3 aromatic carbocycles. The Balaban J connectivity index is 1.32. The highest BCUT2D eigenvalue weighted by atomic mass is 16.4. The number of hydrogen-bond acceptors (Lipinski definition) is 2. The van der Waals surface area contributed by atoms with Crippen molar-refractivity contribution in [2.45, 2.75) is 18.3 Å². The lowest BCUT2D eigenvalue weighted by Gasteiger charge is -2.48. The molecule has 2 bridgehead atoms. The van der Waals surface area contributed by atoms with Gasteiger partial charge in [0.25, 0.3) is 0 Å². The quantitative estimate of drug-likeness (QED) is 0.433. The van der Waals surface area contributed by atoms with Gasteiger partial charge in [0.05, 0.1) is 11.8 Å². The van der Waals surface area contributed by atoms with Gasteiger partial charge in [-0.1, -0.05) is 66.7 Å². The molecule has 0 radical (unpaired) electrons. The Bertz CT molecular complexity index is 1340. The van der Waals surface area contributed by atoms with Crippen molar-refractivity contribution in [1.29, 1.82) is 0 Å². The fraction of sp³-hybridized carbons (Fsp3) is 0.214. The van der Waals surface area contributed by atoms with Crippen molar-refractivity contribution >= 4 is 22.8 Å². The molecular weight excluding hydrogens is 412 g/mol. The van der Waals surface area contributed by atoms with Crippen LogP contribution in [0.3, 0.4) is 0 Å². The van der Waals surface area contributed by atoms with Crippen molar-refractivity contribution < 1.29 is 14.7 Å². The van der Waals surface area contributed by atoms with Crippen LogP contribution in [0.2, 0.25) is 0 Å². The van der Waals surface area contributed by atoms with Gasteiger partial charge in [0.2, 0.25) is 5.91 Å². The van der Waals surface area contributed by atoms with E-state index in [0.29, 0.717) is 13.0 Å². The monoisotopic (exact) mass is 436 g/mol. The second kappa shape index (κ2) is 7.62. The maximum Gasteiger partial charge on any atom is 0.308 e. The average Bonchev–Trinajstić information content (AvgIpc) is 3.26. The summed E-state index contributed by atoms with van der Waals surface area (Å²) in [5, 5.41) is 14.5. The van der Waals surface area contributed by atoms with Crippen molar-refractivity contribution in [3.8, 4) is 0 Å². The van der Waals surface area contributed by atoms with Gasteiger partial charge >= 0.3 is 5.97 Å². The van der Waals surface area contributed by atoms with Gasteiger partial charge in [0.15, 0.2) is 0 Å². The molecule has 2 atom stereocenters. The summed E-state index contributed by atoms with van der Waals surface area (Å²) in [6.07, 6.45) is 2.66. The second-order valence-corrected chi connectivity index (χ2v) is 9.00. The Labute approximate surface area is 191 Å². The highest BCUT2D eigenvalue weighted by molar-refractivity contribution is 5.90. The van der Waals surface area contributed by atoms with E-state index in [9.17, 15) is 14.7 Å². The molecule has 164 valence electrons. The van der Waals surface area contributed by atoms with Gasteiger partial charge in [0.1, 0.15) is 0 Å². The van der Waals surface area contributed by atoms with E-state index in [0.717, 1.165) is 38.7 Å². The van der Waals surface area contributed by atoms with Crippen LogP contribution >= 0.6 is 0 Å². The molecule has 3 aliphatic rings. The average molecular weight is 437 g/mol. The molecule has 0 saturated heterocycles. The van der Waals surface area contributed by atoms with Crippen LogP contribution in [-0.4, -0.2) is 28.5 Å². The SMILES string of the molecule is O=C(O)C1C2c3ccccc3C(c3ccccc32)C1C(=O)NCCc1c[nH]c2ccccc12. The maximum atomic E-state index is 13.5. The summed E-state index contributed by atoms with van der Waals surface area (Å²) in [5.41, 5.74) is 6.45. The minimum absolute atomic E-state index is 0.179. The van der Waals surface area contributed by atoms with E-state index in [1.807, 2.05) is 72.9 Å². The molecule has 7 rings (SSSR count). The lowest BCUT2D eigenvalue weighted by atomic mass is 9.54. The second-order valence-electron chi connectivity index (χ2n) is 9.00. The number of carbonyl (C=O) groups is 2. The number of aromatic amines is 1. The first kappa shape index (κ1) is 19.8. The molecule has 0 fully saturated rings. The highest BCUT2D eigenvalue weighted by Gasteiger charge is 2.55. The van der Waals surface area contributed by atoms with Crippen LogP contribution in [0.25, 0.3) is 10.9 Å². The summed E-state index contributed by atoms with van der Waals surface area (Å²) in [5.74, 6) is -3.08. The number of aliphatic carboxylic acids is 1. The number of aromatic nitrogens is 1. The number of para-hydroxylation sites is 1. The normalized spacial score (nSPS) is 22.5. The zero-order chi connectivity index (χ0) is 22.5. The number of carbonyl (C=O) groups excluding carboxylic acids is 1. The zero-order valence-electron chi connectivity index (χ0n) is 18.0. The van der Waals surface area contributed by atoms with Crippen LogP contribution < -0.4 is 5.32 Å². The molecule has 5 heteroatoms. The van der Waals surface area contributed by atoms with Gasteiger partial charge in [0, 0.05) is 35.5 Å². The van der Waals surface area contributed by atoms with Gasteiger partial charge in [-0.25, -0.2) is 0 Å². The smallest absolute Gasteiger partial charge is 0.308 e. The predicted molar refractivity (Wildman–Crippen MR) is 126 cm³/mol. The Morgan fingerprint density at radius 3 is 1.94 bits per heavy atom. The molecule has 5 nitrogen and oxygen atoms in total. The first-order valence-electron chi connectivity index (χ1n) is 11.4. The Morgan fingerprint density at radius 1 is 0.788 bits per heavy atom. The minimum atomic E-state index is -0.911. The fourth-order valence-corrected chi connectivity index (χ4v) is 6.07. The van der Waals surface area contributed by atoms with Crippen molar-refractivity contribution in [3.05, 3.63) is 107 Å². The van der Waals surface area contributed by atoms with Crippen LogP contribution in [0.4, 0.5) is 0 Å². The lowest BCUT2D eigenvalue weighted by Crippen LogP contribution is -2.50. The number of carboxylic acids is 1. The molecule has 1 amide bonds. The number of hydrogen-bond donors (Lipinski definition) is 3. The van der Waals surface area contributed by atoms with E-state index >= 15 is 0 Å². The third-order valence-electron chi connectivity index (χ3n) is 7.39. The van der Waals surface area contributed by atoms with Gasteiger partial charge in [-0.15, -0.1) is 0 Å². The topological polar surface area (TPSA) is 82.2 Å². The molecule has 0 saturated carbocycles.